The third kappa shape index (κ3) is 4.22. The molecule has 0 spiro atoms. The van der Waals surface area contributed by atoms with Crippen LogP contribution in [0.4, 0.5) is 10.1 Å². The topological polar surface area (TPSA) is 49.4 Å². The predicted octanol–water partition coefficient (Wildman–Crippen LogP) is 5.03. The van der Waals surface area contributed by atoms with E-state index in [2.05, 4.69) is 19.2 Å². The smallest absolute Gasteiger partial charge is 0.262 e. The molecule has 2 atom stereocenters. The van der Waals surface area contributed by atoms with Crippen LogP contribution < -0.4 is 5.32 Å². The summed E-state index contributed by atoms with van der Waals surface area (Å²) in [6.07, 6.45) is 2.69. The van der Waals surface area contributed by atoms with Gasteiger partial charge in [0.15, 0.2) is 0 Å². The molecule has 2 aliphatic rings. The Balaban J connectivity index is 1.57. The number of rotatable bonds is 2. The van der Waals surface area contributed by atoms with E-state index in [1.54, 1.807) is 36.4 Å². The van der Waals surface area contributed by atoms with E-state index in [4.69, 9.17) is 0 Å². The number of piperidine rings is 1. The maximum absolute atomic E-state index is 13.9. The number of nitrogens with zero attached hydrogens (tertiary/aromatic N) is 1. The summed E-state index contributed by atoms with van der Waals surface area (Å²) in [7, 11) is 0. The highest BCUT2D eigenvalue weighted by Crippen LogP contribution is 2.39. The zero-order valence-electron chi connectivity index (χ0n) is 16.4. The first-order valence-corrected chi connectivity index (χ1v) is 10.6. The Morgan fingerprint density at radius 1 is 1.17 bits per heavy atom. The highest BCUT2D eigenvalue weighted by atomic mass is 32.2. The molecule has 2 aromatic carbocycles. The molecule has 2 unspecified atom stereocenters. The summed E-state index contributed by atoms with van der Waals surface area (Å²) in [6, 6.07) is 11.7. The normalized spacial score (nSPS) is 22.9. The molecule has 1 saturated heterocycles. The van der Waals surface area contributed by atoms with E-state index in [9.17, 15) is 14.0 Å². The molecule has 1 fully saturated rings. The monoisotopic (exact) mass is 410 g/mol. The van der Waals surface area contributed by atoms with Crippen LogP contribution in [-0.2, 0) is 4.79 Å². The Kier molecular flexibility index (Phi) is 5.46. The fraction of sp³-hybridized carbons (Fsp3) is 0.304. The fourth-order valence-corrected chi connectivity index (χ4v) is 4.96. The van der Waals surface area contributed by atoms with E-state index >= 15 is 0 Å². The minimum atomic E-state index is -0.370. The largest absolute Gasteiger partial charge is 0.338 e. The lowest BCUT2D eigenvalue weighted by Gasteiger charge is -2.35. The molecule has 6 heteroatoms. The third-order valence-corrected chi connectivity index (χ3v) is 6.37. The molecule has 0 radical (unpaired) electrons. The van der Waals surface area contributed by atoms with Gasteiger partial charge in [-0.15, -0.1) is 0 Å². The lowest BCUT2D eigenvalue weighted by atomic mass is 9.91. The van der Waals surface area contributed by atoms with Crippen molar-refractivity contribution in [1.29, 1.82) is 0 Å². The summed E-state index contributed by atoms with van der Waals surface area (Å²) in [5.74, 6) is 0.308. The molecule has 2 aliphatic heterocycles. The third-order valence-electron chi connectivity index (χ3n) is 5.27. The standard InChI is InChI=1S/C23H23FN2O2S/c1-14-9-15(2)13-26(12-14)23(28)17-7-8-20-19(10-17)25-22(27)21(29-20)11-16-5-3-4-6-18(16)24/h3-8,10-11,14-15H,9,12-13H2,1-2H3,(H,25,27)/b21-11+. The van der Waals surface area contributed by atoms with Gasteiger partial charge >= 0.3 is 0 Å². The minimum absolute atomic E-state index is 0.00172. The van der Waals surface area contributed by atoms with E-state index in [1.165, 1.54) is 17.8 Å². The molecule has 1 N–H and O–H groups in total. The number of likely N-dealkylation sites (tertiary alicyclic amines) is 1. The Bertz CT molecular complexity index is 994. The number of nitrogens with one attached hydrogen (secondary N) is 1. The van der Waals surface area contributed by atoms with Gasteiger partial charge < -0.3 is 10.2 Å². The lowest BCUT2D eigenvalue weighted by Crippen LogP contribution is -2.42. The maximum atomic E-state index is 13.9. The van der Waals surface area contributed by atoms with Crippen molar-refractivity contribution in [3.05, 3.63) is 64.3 Å². The summed E-state index contributed by atoms with van der Waals surface area (Å²) < 4.78 is 13.9. The van der Waals surface area contributed by atoms with Crippen LogP contribution in [0.3, 0.4) is 0 Å². The van der Waals surface area contributed by atoms with Gasteiger partial charge in [-0.1, -0.05) is 43.8 Å². The van der Waals surface area contributed by atoms with Crippen LogP contribution in [0.25, 0.3) is 6.08 Å². The molecule has 150 valence electrons. The second-order valence-electron chi connectivity index (χ2n) is 7.95. The number of halogens is 1. The van der Waals surface area contributed by atoms with Crippen LogP contribution >= 0.6 is 11.8 Å². The average molecular weight is 411 g/mol. The minimum Gasteiger partial charge on any atom is -0.338 e. The van der Waals surface area contributed by atoms with Crippen molar-refractivity contribution in [2.75, 3.05) is 18.4 Å². The number of thioether (sulfide) groups is 1. The van der Waals surface area contributed by atoms with Crippen LogP contribution in [0.15, 0.2) is 52.3 Å². The Morgan fingerprint density at radius 2 is 1.90 bits per heavy atom. The van der Waals surface area contributed by atoms with Gasteiger partial charge in [0.05, 0.1) is 10.6 Å². The predicted molar refractivity (Wildman–Crippen MR) is 114 cm³/mol. The van der Waals surface area contributed by atoms with Crippen molar-refractivity contribution in [2.24, 2.45) is 11.8 Å². The van der Waals surface area contributed by atoms with Gasteiger partial charge in [0.25, 0.3) is 11.8 Å². The van der Waals surface area contributed by atoms with Gasteiger partial charge in [-0.25, -0.2) is 4.39 Å². The SMILES string of the molecule is CC1CC(C)CN(C(=O)c2ccc3c(c2)NC(=O)/C(=C\c2ccccc2F)S3)C1. The summed E-state index contributed by atoms with van der Waals surface area (Å²) in [4.78, 5) is 28.6. The summed E-state index contributed by atoms with van der Waals surface area (Å²) in [5.41, 5.74) is 1.57. The van der Waals surface area contributed by atoms with Crippen LogP contribution in [-0.4, -0.2) is 29.8 Å². The van der Waals surface area contributed by atoms with E-state index in [1.807, 2.05) is 11.0 Å². The van der Waals surface area contributed by atoms with Crippen molar-refractivity contribution in [3.8, 4) is 0 Å². The number of hydrogen-bond acceptors (Lipinski definition) is 3. The van der Waals surface area contributed by atoms with Crippen LogP contribution in [0.1, 0.15) is 36.2 Å². The van der Waals surface area contributed by atoms with Crippen molar-refractivity contribution in [1.82, 2.24) is 4.90 Å². The zero-order valence-corrected chi connectivity index (χ0v) is 17.3. The Hall–Kier alpha value is -2.60. The first kappa shape index (κ1) is 19.7. The molecule has 4 rings (SSSR count). The van der Waals surface area contributed by atoms with Gasteiger partial charge in [0.2, 0.25) is 0 Å². The molecule has 0 bridgehead atoms. The molecular formula is C23H23FN2O2S. The van der Waals surface area contributed by atoms with Crippen LogP contribution in [0.5, 0.6) is 0 Å². The number of carbonyl (C=O) groups is 2. The van der Waals surface area contributed by atoms with Gasteiger partial charge in [0.1, 0.15) is 5.82 Å². The highest BCUT2D eigenvalue weighted by molar-refractivity contribution is 8.04. The average Bonchev–Trinajstić information content (AvgIpc) is 2.68. The molecule has 0 saturated carbocycles. The molecule has 2 amide bonds. The van der Waals surface area contributed by atoms with E-state index < -0.39 is 0 Å². The van der Waals surface area contributed by atoms with Gasteiger partial charge in [0, 0.05) is 29.1 Å². The summed E-state index contributed by atoms with van der Waals surface area (Å²) in [6.45, 7) is 5.86. The van der Waals surface area contributed by atoms with Gasteiger partial charge in [-0.05, 0) is 48.6 Å². The fourth-order valence-electron chi connectivity index (χ4n) is 4.04. The van der Waals surface area contributed by atoms with Crippen molar-refractivity contribution >= 4 is 35.3 Å². The quantitative estimate of drug-likeness (QED) is 0.707. The number of hydrogen-bond donors (Lipinski definition) is 1. The molecule has 0 aromatic heterocycles. The maximum Gasteiger partial charge on any atom is 0.262 e. The number of benzene rings is 2. The number of anilines is 1. The van der Waals surface area contributed by atoms with Crippen molar-refractivity contribution in [2.45, 2.75) is 25.2 Å². The number of carbonyl (C=O) groups excluding carboxylic acids is 2. The molecule has 29 heavy (non-hydrogen) atoms. The second-order valence-corrected chi connectivity index (χ2v) is 9.04. The molecular weight excluding hydrogens is 387 g/mol. The van der Waals surface area contributed by atoms with Gasteiger partial charge in [-0.3, -0.25) is 9.59 Å². The van der Waals surface area contributed by atoms with Crippen molar-refractivity contribution < 1.29 is 14.0 Å². The Morgan fingerprint density at radius 3 is 2.62 bits per heavy atom. The van der Waals surface area contributed by atoms with E-state index in [0.29, 0.717) is 33.6 Å². The molecule has 4 nitrogen and oxygen atoms in total. The summed E-state index contributed by atoms with van der Waals surface area (Å²) in [5, 5.41) is 2.84. The van der Waals surface area contributed by atoms with E-state index in [-0.39, 0.29) is 17.6 Å². The molecule has 2 aromatic rings. The molecule has 2 heterocycles. The van der Waals surface area contributed by atoms with E-state index in [0.717, 1.165) is 24.4 Å². The van der Waals surface area contributed by atoms with Gasteiger partial charge in [-0.2, -0.15) is 0 Å². The van der Waals surface area contributed by atoms with Crippen molar-refractivity contribution in [3.63, 3.8) is 0 Å². The summed E-state index contributed by atoms with van der Waals surface area (Å²) >= 11 is 1.28. The van der Waals surface area contributed by atoms with Crippen LogP contribution in [0.2, 0.25) is 0 Å². The second kappa shape index (κ2) is 8.03. The van der Waals surface area contributed by atoms with Crippen LogP contribution in [0, 0.1) is 17.7 Å². The first-order valence-electron chi connectivity index (χ1n) is 9.79. The number of fused-ring (bicyclic) bond motifs is 1. The highest BCUT2D eigenvalue weighted by Gasteiger charge is 2.28. The first-order chi connectivity index (χ1) is 13.9. The molecule has 0 aliphatic carbocycles. The number of amides is 2. The zero-order chi connectivity index (χ0) is 20.5. The Labute approximate surface area is 174 Å². The lowest BCUT2D eigenvalue weighted by molar-refractivity contribution is -0.112.